The molecular formula is C10H12ClNO2. The van der Waals surface area contributed by atoms with Crippen LogP contribution < -0.4 is 5.32 Å². The quantitative estimate of drug-likeness (QED) is 0.809. The number of anilines is 1. The molecule has 1 aromatic rings. The summed E-state index contributed by atoms with van der Waals surface area (Å²) in [6, 6.07) is 7.07. The molecule has 0 aliphatic heterocycles. The molecule has 0 fully saturated rings. The predicted octanol–water partition coefficient (Wildman–Crippen LogP) is 2.62. The highest BCUT2D eigenvalue weighted by molar-refractivity contribution is 6.30. The average molecular weight is 214 g/mol. The molecule has 76 valence electrons. The standard InChI is InChI=1S/C10H12ClNO2/c1-7(6-10(13)14)12-9-4-2-8(11)3-5-9/h2-5,7,12H,6H2,1H3,(H,13,14)/t7-/m0/s1. The van der Waals surface area contributed by atoms with E-state index in [1.54, 1.807) is 12.1 Å². The van der Waals surface area contributed by atoms with E-state index in [4.69, 9.17) is 16.7 Å². The van der Waals surface area contributed by atoms with Crippen LogP contribution in [0.3, 0.4) is 0 Å². The van der Waals surface area contributed by atoms with Gasteiger partial charge >= 0.3 is 5.97 Å². The zero-order valence-electron chi connectivity index (χ0n) is 7.83. The van der Waals surface area contributed by atoms with Gasteiger partial charge in [0.1, 0.15) is 0 Å². The van der Waals surface area contributed by atoms with Gasteiger partial charge in [0.25, 0.3) is 0 Å². The molecule has 2 N–H and O–H groups in total. The number of nitrogens with one attached hydrogen (secondary N) is 1. The van der Waals surface area contributed by atoms with E-state index < -0.39 is 5.97 Å². The lowest BCUT2D eigenvalue weighted by molar-refractivity contribution is -0.137. The summed E-state index contributed by atoms with van der Waals surface area (Å²) in [5.41, 5.74) is 0.878. The SMILES string of the molecule is C[C@@H](CC(=O)O)Nc1ccc(Cl)cc1. The maximum absolute atomic E-state index is 10.4. The summed E-state index contributed by atoms with van der Waals surface area (Å²) < 4.78 is 0. The number of carbonyl (C=O) groups is 1. The molecule has 0 radical (unpaired) electrons. The molecule has 0 saturated heterocycles. The van der Waals surface area contributed by atoms with Crippen LogP contribution >= 0.6 is 11.6 Å². The Balaban J connectivity index is 2.51. The van der Waals surface area contributed by atoms with Crippen molar-refractivity contribution in [3.63, 3.8) is 0 Å². The van der Waals surface area contributed by atoms with Crippen LogP contribution in [0.1, 0.15) is 13.3 Å². The Hall–Kier alpha value is -1.22. The maximum atomic E-state index is 10.4. The van der Waals surface area contributed by atoms with E-state index >= 15 is 0 Å². The van der Waals surface area contributed by atoms with E-state index in [1.165, 1.54) is 0 Å². The van der Waals surface area contributed by atoms with Crippen LogP contribution in [0.2, 0.25) is 5.02 Å². The summed E-state index contributed by atoms with van der Waals surface area (Å²) in [4.78, 5) is 10.4. The molecule has 3 nitrogen and oxygen atoms in total. The minimum Gasteiger partial charge on any atom is -0.481 e. The number of carboxylic acids is 1. The van der Waals surface area contributed by atoms with Crippen molar-refractivity contribution in [1.29, 1.82) is 0 Å². The summed E-state index contributed by atoms with van der Waals surface area (Å²) in [7, 11) is 0. The lowest BCUT2D eigenvalue weighted by Crippen LogP contribution is -2.19. The summed E-state index contributed by atoms with van der Waals surface area (Å²) >= 11 is 5.71. The number of halogens is 1. The third-order valence-electron chi connectivity index (χ3n) is 1.74. The van der Waals surface area contributed by atoms with Gasteiger partial charge < -0.3 is 10.4 Å². The third-order valence-corrected chi connectivity index (χ3v) is 1.99. The molecule has 0 bridgehead atoms. The van der Waals surface area contributed by atoms with Gasteiger partial charge in [0.15, 0.2) is 0 Å². The number of hydrogen-bond acceptors (Lipinski definition) is 2. The largest absolute Gasteiger partial charge is 0.481 e. The molecule has 1 atom stereocenters. The van der Waals surface area contributed by atoms with Crippen molar-refractivity contribution in [2.75, 3.05) is 5.32 Å². The molecule has 0 heterocycles. The van der Waals surface area contributed by atoms with Crippen molar-refractivity contribution in [3.05, 3.63) is 29.3 Å². The topological polar surface area (TPSA) is 49.3 Å². The van der Waals surface area contributed by atoms with Crippen LogP contribution in [-0.4, -0.2) is 17.1 Å². The summed E-state index contributed by atoms with van der Waals surface area (Å²) in [5.74, 6) is -0.807. The Bertz CT molecular complexity index is 310. The predicted molar refractivity (Wildman–Crippen MR) is 56.8 cm³/mol. The first-order valence-corrected chi connectivity index (χ1v) is 4.69. The highest BCUT2D eigenvalue weighted by Gasteiger charge is 2.06. The minimum atomic E-state index is -0.807. The zero-order valence-corrected chi connectivity index (χ0v) is 8.58. The molecule has 0 amide bonds. The molecule has 1 rings (SSSR count). The van der Waals surface area contributed by atoms with Gasteiger partial charge in [-0.3, -0.25) is 4.79 Å². The van der Waals surface area contributed by atoms with Crippen molar-refractivity contribution in [2.45, 2.75) is 19.4 Å². The summed E-state index contributed by atoms with van der Waals surface area (Å²) in [6.07, 6.45) is 0.0998. The third kappa shape index (κ3) is 3.66. The summed E-state index contributed by atoms with van der Waals surface area (Å²) in [5, 5.41) is 12.3. The van der Waals surface area contributed by atoms with Gasteiger partial charge in [-0.15, -0.1) is 0 Å². The molecule has 0 aromatic heterocycles. The van der Waals surface area contributed by atoms with E-state index in [1.807, 2.05) is 19.1 Å². The monoisotopic (exact) mass is 213 g/mol. The highest BCUT2D eigenvalue weighted by atomic mass is 35.5. The second-order valence-electron chi connectivity index (χ2n) is 3.15. The van der Waals surface area contributed by atoms with Crippen molar-refractivity contribution >= 4 is 23.3 Å². The first-order valence-electron chi connectivity index (χ1n) is 4.32. The molecule has 0 aliphatic rings. The first-order chi connectivity index (χ1) is 6.58. The molecule has 1 aromatic carbocycles. The highest BCUT2D eigenvalue weighted by Crippen LogP contribution is 2.14. The Morgan fingerprint density at radius 1 is 1.50 bits per heavy atom. The van der Waals surface area contributed by atoms with Crippen LogP contribution in [-0.2, 0) is 4.79 Å². The molecule has 14 heavy (non-hydrogen) atoms. The Morgan fingerprint density at radius 3 is 2.57 bits per heavy atom. The fraction of sp³-hybridized carbons (Fsp3) is 0.300. The van der Waals surface area contributed by atoms with Gasteiger partial charge in [0.2, 0.25) is 0 Å². The molecule has 0 aliphatic carbocycles. The van der Waals surface area contributed by atoms with E-state index in [9.17, 15) is 4.79 Å². The molecule has 0 saturated carbocycles. The smallest absolute Gasteiger partial charge is 0.305 e. The Labute approximate surface area is 87.7 Å². The number of rotatable bonds is 4. The van der Waals surface area contributed by atoms with Crippen LogP contribution in [0.4, 0.5) is 5.69 Å². The van der Waals surface area contributed by atoms with Crippen molar-refractivity contribution in [3.8, 4) is 0 Å². The number of aliphatic carboxylic acids is 1. The first kappa shape index (κ1) is 10.9. The second-order valence-corrected chi connectivity index (χ2v) is 3.59. The van der Waals surface area contributed by atoms with Crippen molar-refractivity contribution in [2.24, 2.45) is 0 Å². The van der Waals surface area contributed by atoms with Crippen LogP contribution in [0.5, 0.6) is 0 Å². The maximum Gasteiger partial charge on any atom is 0.305 e. The van der Waals surface area contributed by atoms with Crippen molar-refractivity contribution < 1.29 is 9.90 Å². The second kappa shape index (κ2) is 4.86. The van der Waals surface area contributed by atoms with Gasteiger partial charge in [0.05, 0.1) is 6.42 Å². The molecule has 0 spiro atoms. The van der Waals surface area contributed by atoms with Crippen LogP contribution in [0.15, 0.2) is 24.3 Å². The fourth-order valence-corrected chi connectivity index (χ4v) is 1.27. The number of carboxylic acid groups (broad SMARTS) is 1. The minimum absolute atomic E-state index is 0.0892. The van der Waals surface area contributed by atoms with Crippen LogP contribution in [0.25, 0.3) is 0 Å². The van der Waals surface area contributed by atoms with E-state index in [0.717, 1.165) is 5.69 Å². The average Bonchev–Trinajstić information content (AvgIpc) is 2.07. The molecule has 4 heteroatoms. The van der Waals surface area contributed by atoms with Gasteiger partial charge in [0, 0.05) is 16.8 Å². The zero-order chi connectivity index (χ0) is 10.6. The Kier molecular flexibility index (Phi) is 3.77. The fourth-order valence-electron chi connectivity index (χ4n) is 1.14. The van der Waals surface area contributed by atoms with E-state index in [0.29, 0.717) is 5.02 Å². The summed E-state index contributed by atoms with van der Waals surface area (Å²) in [6.45, 7) is 1.82. The van der Waals surface area contributed by atoms with Crippen LogP contribution in [0, 0.1) is 0 Å². The van der Waals surface area contributed by atoms with Crippen molar-refractivity contribution in [1.82, 2.24) is 0 Å². The van der Waals surface area contributed by atoms with Gasteiger partial charge in [-0.25, -0.2) is 0 Å². The van der Waals surface area contributed by atoms with E-state index in [-0.39, 0.29) is 12.5 Å². The molecule has 0 unspecified atom stereocenters. The lowest BCUT2D eigenvalue weighted by atomic mass is 10.2. The normalized spacial score (nSPS) is 12.1. The van der Waals surface area contributed by atoms with Gasteiger partial charge in [-0.1, -0.05) is 11.6 Å². The van der Waals surface area contributed by atoms with Gasteiger partial charge in [-0.05, 0) is 31.2 Å². The lowest BCUT2D eigenvalue weighted by Gasteiger charge is -2.12. The number of benzene rings is 1. The Morgan fingerprint density at radius 2 is 2.07 bits per heavy atom. The van der Waals surface area contributed by atoms with Gasteiger partial charge in [-0.2, -0.15) is 0 Å². The number of hydrogen-bond donors (Lipinski definition) is 2. The van der Waals surface area contributed by atoms with E-state index in [2.05, 4.69) is 5.32 Å². The molecular weight excluding hydrogens is 202 g/mol.